The van der Waals surface area contributed by atoms with E-state index in [0.29, 0.717) is 19.3 Å². The van der Waals surface area contributed by atoms with Crippen molar-refractivity contribution in [3.05, 3.63) is 23.8 Å². The average Bonchev–Trinajstić information content (AvgIpc) is 3.45. The molecule has 0 aromatic heterocycles. The maximum Gasteiger partial charge on any atom is 0.340 e. The molecular formula is C26H32O8. The molecule has 0 aromatic carbocycles. The van der Waals surface area contributed by atoms with E-state index in [2.05, 4.69) is 6.92 Å². The quantitative estimate of drug-likeness (QED) is 0.438. The fourth-order valence-corrected chi connectivity index (χ4v) is 9.03. The molecule has 8 nitrogen and oxygen atoms in total. The van der Waals surface area contributed by atoms with Gasteiger partial charge >= 0.3 is 11.9 Å². The van der Waals surface area contributed by atoms with Crippen LogP contribution in [0.1, 0.15) is 53.9 Å². The fourth-order valence-electron chi connectivity index (χ4n) is 9.03. The molecule has 6 rings (SSSR count). The molecule has 184 valence electrons. The monoisotopic (exact) mass is 472 g/mol. The molecule has 3 heterocycles. The Morgan fingerprint density at radius 1 is 0.971 bits per heavy atom. The van der Waals surface area contributed by atoms with Crippen molar-refractivity contribution < 1.29 is 38.8 Å². The number of ether oxygens (including phenoxy) is 3. The van der Waals surface area contributed by atoms with Crippen LogP contribution in [-0.4, -0.2) is 58.1 Å². The molecule has 0 radical (unpaired) electrons. The van der Waals surface area contributed by atoms with Gasteiger partial charge in [-0.1, -0.05) is 40.7 Å². The van der Waals surface area contributed by atoms with Crippen LogP contribution in [0.15, 0.2) is 23.8 Å². The van der Waals surface area contributed by atoms with E-state index in [1.54, 1.807) is 6.08 Å². The van der Waals surface area contributed by atoms with Gasteiger partial charge in [0, 0.05) is 16.2 Å². The molecule has 0 bridgehead atoms. The molecule has 10 atom stereocenters. The van der Waals surface area contributed by atoms with Crippen LogP contribution in [0.2, 0.25) is 0 Å². The Bertz CT molecular complexity index is 1090. The second-order valence-electron chi connectivity index (χ2n) is 12.3. The number of carbonyl (C=O) groups excluding carboxylic acids is 3. The van der Waals surface area contributed by atoms with E-state index >= 15 is 0 Å². The molecule has 2 saturated carbocycles. The van der Waals surface area contributed by atoms with E-state index in [4.69, 9.17) is 14.2 Å². The van der Waals surface area contributed by atoms with Crippen LogP contribution in [0.3, 0.4) is 0 Å². The van der Waals surface area contributed by atoms with Crippen molar-refractivity contribution in [1.82, 2.24) is 0 Å². The number of ketones is 1. The van der Waals surface area contributed by atoms with Gasteiger partial charge in [-0.15, -0.1) is 0 Å². The second kappa shape index (κ2) is 6.20. The molecule has 2 saturated heterocycles. The minimum atomic E-state index is -1.38. The SMILES string of the molecule is CC1(C)C(=O)C=CC2(C)C1CC(O)C1(C)C2CCC2(C)C(C3=CC(O)OC3=O)OC(=O)C3OC321. The van der Waals surface area contributed by atoms with Gasteiger partial charge in [0.05, 0.1) is 11.7 Å². The summed E-state index contributed by atoms with van der Waals surface area (Å²) in [6, 6.07) is 0. The van der Waals surface area contributed by atoms with Gasteiger partial charge in [-0.3, -0.25) is 4.79 Å². The van der Waals surface area contributed by atoms with Gasteiger partial charge in [-0.2, -0.15) is 0 Å². The van der Waals surface area contributed by atoms with Crippen molar-refractivity contribution in [2.24, 2.45) is 33.5 Å². The van der Waals surface area contributed by atoms with Crippen LogP contribution in [0.25, 0.3) is 0 Å². The number of rotatable bonds is 1. The summed E-state index contributed by atoms with van der Waals surface area (Å²) in [5.41, 5.74) is -3.54. The van der Waals surface area contributed by atoms with Crippen molar-refractivity contribution >= 4 is 17.7 Å². The predicted octanol–water partition coefficient (Wildman–Crippen LogP) is 1.83. The first kappa shape index (κ1) is 22.4. The van der Waals surface area contributed by atoms with Crippen molar-refractivity contribution in [3.8, 4) is 0 Å². The lowest BCUT2D eigenvalue weighted by molar-refractivity contribution is -0.241. The number of fused-ring (bicyclic) bond motifs is 3. The zero-order valence-electron chi connectivity index (χ0n) is 20.2. The van der Waals surface area contributed by atoms with Gasteiger partial charge in [0.25, 0.3) is 0 Å². The van der Waals surface area contributed by atoms with Crippen molar-refractivity contribution in [2.75, 3.05) is 0 Å². The Hall–Kier alpha value is -2.03. The number of hydrogen-bond acceptors (Lipinski definition) is 8. The number of esters is 2. The molecular weight excluding hydrogens is 440 g/mol. The largest absolute Gasteiger partial charge is 0.454 e. The number of epoxide rings is 1. The number of carbonyl (C=O) groups is 3. The highest BCUT2D eigenvalue weighted by molar-refractivity contribution is 5.96. The Balaban J connectivity index is 1.50. The van der Waals surface area contributed by atoms with Gasteiger partial charge in [0.2, 0.25) is 6.29 Å². The van der Waals surface area contributed by atoms with Crippen LogP contribution in [0.5, 0.6) is 0 Å². The first-order chi connectivity index (χ1) is 15.7. The normalized spacial score (nSPS) is 54.7. The first-order valence-corrected chi connectivity index (χ1v) is 12.2. The minimum Gasteiger partial charge on any atom is -0.454 e. The summed E-state index contributed by atoms with van der Waals surface area (Å²) in [6.07, 6.45) is 2.71. The molecule has 0 aromatic rings. The molecule has 2 N–H and O–H groups in total. The predicted molar refractivity (Wildman–Crippen MR) is 117 cm³/mol. The highest BCUT2D eigenvalue weighted by Crippen LogP contribution is 2.78. The lowest BCUT2D eigenvalue weighted by atomic mass is 9.35. The molecule has 4 fully saturated rings. The van der Waals surface area contributed by atoms with Crippen LogP contribution in [-0.2, 0) is 28.6 Å². The molecule has 3 aliphatic carbocycles. The average molecular weight is 473 g/mol. The lowest BCUT2D eigenvalue weighted by Gasteiger charge is -2.68. The van der Waals surface area contributed by atoms with Gasteiger partial charge < -0.3 is 24.4 Å². The molecule has 1 spiro atoms. The third-order valence-corrected chi connectivity index (χ3v) is 10.8. The summed E-state index contributed by atoms with van der Waals surface area (Å²) in [5, 5.41) is 21.7. The highest BCUT2D eigenvalue weighted by atomic mass is 16.7. The van der Waals surface area contributed by atoms with Gasteiger partial charge in [-0.25, -0.2) is 9.59 Å². The lowest BCUT2D eigenvalue weighted by Crippen LogP contribution is -2.73. The zero-order chi connectivity index (χ0) is 24.6. The van der Waals surface area contributed by atoms with Crippen molar-refractivity contribution in [1.29, 1.82) is 0 Å². The number of aliphatic hydroxyl groups is 2. The fraction of sp³-hybridized carbons (Fsp3) is 0.731. The summed E-state index contributed by atoms with van der Waals surface area (Å²) in [6.45, 7) is 10.0. The minimum absolute atomic E-state index is 0.0578. The first-order valence-electron chi connectivity index (χ1n) is 12.2. The standard InChI is InChI=1S/C26H32O8/c1-22(2)14-11-16(28)25(5)13(23(14,3)8-7-15(22)27)6-9-24(4)18(12-10-17(29)32-20(12)30)33-21(31)19-26(24,25)34-19/h7-8,10,13-14,16-19,28-29H,6,9,11H2,1-5H3. The molecule has 0 amide bonds. The number of allylic oxidation sites excluding steroid dienone is 2. The maximum atomic E-state index is 13.1. The van der Waals surface area contributed by atoms with Crippen LogP contribution < -0.4 is 0 Å². The summed E-state index contributed by atoms with van der Waals surface area (Å²) >= 11 is 0. The van der Waals surface area contributed by atoms with Crippen LogP contribution >= 0.6 is 0 Å². The number of aliphatic hydroxyl groups excluding tert-OH is 2. The van der Waals surface area contributed by atoms with E-state index in [-0.39, 0.29) is 28.6 Å². The third kappa shape index (κ3) is 2.20. The molecule has 6 aliphatic rings. The molecule has 10 unspecified atom stereocenters. The van der Waals surface area contributed by atoms with E-state index in [1.165, 1.54) is 6.08 Å². The Morgan fingerprint density at radius 2 is 1.68 bits per heavy atom. The summed E-state index contributed by atoms with van der Waals surface area (Å²) in [4.78, 5) is 38.4. The van der Waals surface area contributed by atoms with Gasteiger partial charge in [0.1, 0.15) is 11.7 Å². The van der Waals surface area contributed by atoms with Gasteiger partial charge in [0.15, 0.2) is 11.9 Å². The zero-order valence-corrected chi connectivity index (χ0v) is 20.2. The summed E-state index contributed by atoms with van der Waals surface area (Å²) < 4.78 is 17.0. The molecule has 8 heteroatoms. The third-order valence-electron chi connectivity index (χ3n) is 10.8. The Labute approximate surface area is 198 Å². The molecule has 3 aliphatic heterocycles. The van der Waals surface area contributed by atoms with Crippen LogP contribution in [0.4, 0.5) is 0 Å². The second-order valence-corrected chi connectivity index (χ2v) is 12.3. The Morgan fingerprint density at radius 3 is 2.32 bits per heavy atom. The number of hydrogen-bond donors (Lipinski definition) is 2. The van der Waals surface area contributed by atoms with E-state index in [0.717, 1.165) is 0 Å². The molecule has 34 heavy (non-hydrogen) atoms. The highest BCUT2D eigenvalue weighted by Gasteiger charge is 2.88. The summed E-state index contributed by atoms with van der Waals surface area (Å²) in [5.74, 6) is -1.32. The number of cyclic esters (lactones) is 2. The van der Waals surface area contributed by atoms with E-state index < -0.39 is 58.4 Å². The topological polar surface area (TPSA) is 123 Å². The van der Waals surface area contributed by atoms with Gasteiger partial charge in [-0.05, 0) is 48.7 Å². The maximum absolute atomic E-state index is 13.1. The van der Waals surface area contributed by atoms with E-state index in [9.17, 15) is 24.6 Å². The van der Waals surface area contributed by atoms with Crippen molar-refractivity contribution in [3.63, 3.8) is 0 Å². The van der Waals surface area contributed by atoms with Crippen molar-refractivity contribution in [2.45, 2.75) is 84.1 Å². The smallest absolute Gasteiger partial charge is 0.340 e. The Kier molecular flexibility index (Phi) is 4.09. The van der Waals surface area contributed by atoms with E-state index in [1.807, 2.05) is 33.8 Å². The summed E-state index contributed by atoms with van der Waals surface area (Å²) in [7, 11) is 0. The van der Waals surface area contributed by atoms with Crippen LogP contribution in [0, 0.1) is 33.5 Å².